The molecule has 0 bridgehead atoms. The van der Waals surface area contributed by atoms with Gasteiger partial charge >= 0.3 is 0 Å². The summed E-state index contributed by atoms with van der Waals surface area (Å²) < 4.78 is 12.8. The van der Waals surface area contributed by atoms with Gasteiger partial charge in [-0.2, -0.15) is 0 Å². The molecule has 1 unspecified atom stereocenters. The maximum Gasteiger partial charge on any atom is 0.139 e. The van der Waals surface area contributed by atoms with Crippen molar-refractivity contribution in [1.82, 2.24) is 0 Å². The highest BCUT2D eigenvalue weighted by molar-refractivity contribution is 8.00. The van der Waals surface area contributed by atoms with Gasteiger partial charge in [-0.3, -0.25) is 0 Å². The van der Waals surface area contributed by atoms with Crippen LogP contribution in [-0.4, -0.2) is 39.6 Å². The van der Waals surface area contributed by atoms with E-state index < -0.39 is 12.3 Å². The van der Waals surface area contributed by atoms with Gasteiger partial charge in [-0.1, -0.05) is 6.92 Å². The van der Waals surface area contributed by atoms with Crippen LogP contribution in [0.4, 0.5) is 4.39 Å². The molecule has 0 aromatic carbocycles. The maximum atomic E-state index is 12.8. The molecule has 0 spiro atoms. The molecule has 1 saturated heterocycles. The Morgan fingerprint density at radius 3 is 2.40 bits per heavy atom. The maximum absolute atomic E-state index is 12.8. The molecule has 1 rings (SSSR count). The van der Waals surface area contributed by atoms with E-state index in [1.54, 1.807) is 6.92 Å². The zero-order chi connectivity index (χ0) is 7.72. The van der Waals surface area contributed by atoms with E-state index >= 15 is 0 Å². The molecule has 0 aliphatic carbocycles. The minimum Gasteiger partial charge on any atom is -0.395 e. The Bertz CT molecular complexity index is 122. The van der Waals surface area contributed by atoms with Crippen LogP contribution in [0, 0.1) is 0 Å². The average molecular weight is 166 g/mol. The summed E-state index contributed by atoms with van der Waals surface area (Å²) >= 11 is 1.31. The first-order valence-corrected chi connectivity index (χ1v) is 4.19. The number of thioether (sulfide) groups is 1. The lowest BCUT2D eigenvalue weighted by Gasteiger charge is -2.09. The minimum absolute atomic E-state index is 0.142. The van der Waals surface area contributed by atoms with Crippen LogP contribution in [0.25, 0.3) is 0 Å². The van der Waals surface area contributed by atoms with Crippen molar-refractivity contribution in [3.05, 3.63) is 0 Å². The van der Waals surface area contributed by atoms with E-state index in [0.717, 1.165) is 0 Å². The Labute approximate surface area is 63.4 Å². The third-order valence-electron chi connectivity index (χ3n) is 1.73. The highest BCUT2D eigenvalue weighted by Crippen LogP contribution is 2.35. The second kappa shape index (κ2) is 3.07. The molecule has 60 valence electrons. The SMILES string of the molecule is C[C@@H]1S[C@H](CO)[C@H](O)C1F. The number of hydrogen-bond acceptors (Lipinski definition) is 3. The van der Waals surface area contributed by atoms with Gasteiger partial charge in [0, 0.05) is 5.25 Å². The number of aliphatic hydroxyl groups excluding tert-OH is 2. The molecule has 1 heterocycles. The van der Waals surface area contributed by atoms with Crippen LogP contribution in [0.15, 0.2) is 0 Å². The van der Waals surface area contributed by atoms with Crippen LogP contribution in [0.1, 0.15) is 6.92 Å². The molecule has 1 aliphatic heterocycles. The van der Waals surface area contributed by atoms with Gasteiger partial charge in [0.1, 0.15) is 12.3 Å². The summed E-state index contributed by atoms with van der Waals surface area (Å²) in [5, 5.41) is 17.2. The quantitative estimate of drug-likeness (QED) is 0.584. The van der Waals surface area contributed by atoms with Gasteiger partial charge in [0.25, 0.3) is 0 Å². The predicted octanol–water partition coefficient (Wildman–Crippen LogP) is 0.182. The van der Waals surface area contributed by atoms with Gasteiger partial charge in [-0.25, -0.2) is 4.39 Å². The fourth-order valence-electron chi connectivity index (χ4n) is 1.07. The molecule has 2 nitrogen and oxygen atoms in total. The Kier molecular flexibility index (Phi) is 2.55. The van der Waals surface area contributed by atoms with E-state index in [1.165, 1.54) is 11.8 Å². The first-order valence-electron chi connectivity index (χ1n) is 3.25. The van der Waals surface area contributed by atoms with Crippen LogP contribution < -0.4 is 0 Å². The Balaban J connectivity index is 2.53. The normalized spacial score (nSPS) is 48.0. The Morgan fingerprint density at radius 2 is 2.20 bits per heavy atom. The summed E-state index contributed by atoms with van der Waals surface area (Å²) in [5.41, 5.74) is 0. The third kappa shape index (κ3) is 1.28. The van der Waals surface area contributed by atoms with Crippen LogP contribution in [0.2, 0.25) is 0 Å². The van der Waals surface area contributed by atoms with E-state index in [0.29, 0.717) is 0 Å². The van der Waals surface area contributed by atoms with Crippen LogP contribution in [0.3, 0.4) is 0 Å². The molecule has 1 fully saturated rings. The predicted molar refractivity (Wildman–Crippen MR) is 38.8 cm³/mol. The molecule has 0 saturated carbocycles. The topological polar surface area (TPSA) is 40.5 Å². The summed E-state index contributed by atoms with van der Waals surface area (Å²) in [6.07, 6.45) is -2.16. The van der Waals surface area contributed by atoms with Crippen molar-refractivity contribution in [3.8, 4) is 0 Å². The summed E-state index contributed by atoms with van der Waals surface area (Å²) in [7, 11) is 0. The van der Waals surface area contributed by atoms with Crippen molar-refractivity contribution >= 4 is 11.8 Å². The second-order valence-corrected chi connectivity index (χ2v) is 4.12. The highest BCUT2D eigenvalue weighted by Gasteiger charge is 2.40. The Morgan fingerprint density at radius 1 is 1.60 bits per heavy atom. The van der Waals surface area contributed by atoms with E-state index in [1.807, 2.05) is 0 Å². The van der Waals surface area contributed by atoms with Gasteiger partial charge < -0.3 is 10.2 Å². The third-order valence-corrected chi connectivity index (χ3v) is 3.19. The fraction of sp³-hybridized carbons (Fsp3) is 1.00. The van der Waals surface area contributed by atoms with Crippen molar-refractivity contribution in [1.29, 1.82) is 0 Å². The molecule has 0 radical (unpaired) electrons. The number of rotatable bonds is 1. The van der Waals surface area contributed by atoms with Crippen molar-refractivity contribution in [2.24, 2.45) is 0 Å². The Hall–Kier alpha value is 0.200. The summed E-state index contributed by atoms with van der Waals surface area (Å²) in [6, 6.07) is 0. The highest BCUT2D eigenvalue weighted by atomic mass is 32.2. The van der Waals surface area contributed by atoms with Gasteiger partial charge in [0.05, 0.1) is 11.9 Å². The standard InChI is InChI=1S/C6H11FO2S/c1-3-5(7)6(9)4(2-8)10-3/h3-6,8-9H,2H2,1H3/t3-,4+,5?,6-/m0/s1. The zero-order valence-electron chi connectivity index (χ0n) is 5.70. The largest absolute Gasteiger partial charge is 0.395 e. The first-order chi connectivity index (χ1) is 4.66. The van der Waals surface area contributed by atoms with Gasteiger partial charge in [0.2, 0.25) is 0 Å². The summed E-state index contributed by atoms with van der Waals surface area (Å²) in [5.74, 6) is 0. The average Bonchev–Trinajstić information content (AvgIpc) is 2.17. The van der Waals surface area contributed by atoms with E-state index in [2.05, 4.69) is 0 Å². The zero-order valence-corrected chi connectivity index (χ0v) is 6.51. The fourth-order valence-corrected chi connectivity index (χ4v) is 2.32. The monoisotopic (exact) mass is 166 g/mol. The van der Waals surface area contributed by atoms with Crippen molar-refractivity contribution < 1.29 is 14.6 Å². The second-order valence-electron chi connectivity index (χ2n) is 2.50. The van der Waals surface area contributed by atoms with Gasteiger partial charge in [0.15, 0.2) is 0 Å². The van der Waals surface area contributed by atoms with Crippen LogP contribution >= 0.6 is 11.8 Å². The molecule has 1 aliphatic rings. The van der Waals surface area contributed by atoms with Crippen molar-refractivity contribution in [2.75, 3.05) is 6.61 Å². The first kappa shape index (κ1) is 8.30. The molecule has 10 heavy (non-hydrogen) atoms. The van der Waals surface area contributed by atoms with Crippen LogP contribution in [0.5, 0.6) is 0 Å². The number of hydrogen-bond donors (Lipinski definition) is 2. The van der Waals surface area contributed by atoms with Gasteiger partial charge in [-0.15, -0.1) is 11.8 Å². The number of alkyl halides is 1. The van der Waals surface area contributed by atoms with E-state index in [4.69, 9.17) is 10.2 Å². The molecule has 4 heteroatoms. The van der Waals surface area contributed by atoms with Gasteiger partial charge in [-0.05, 0) is 0 Å². The molecule has 0 amide bonds. The smallest absolute Gasteiger partial charge is 0.139 e. The van der Waals surface area contributed by atoms with E-state index in [-0.39, 0.29) is 17.1 Å². The molecule has 0 aromatic rings. The van der Waals surface area contributed by atoms with Crippen molar-refractivity contribution in [3.63, 3.8) is 0 Å². The van der Waals surface area contributed by atoms with E-state index in [9.17, 15) is 4.39 Å². The molecular formula is C6H11FO2S. The number of aliphatic hydroxyl groups is 2. The molecule has 0 aromatic heterocycles. The van der Waals surface area contributed by atoms with Crippen LogP contribution in [-0.2, 0) is 0 Å². The summed E-state index contributed by atoms with van der Waals surface area (Å²) in [4.78, 5) is 0. The molecular weight excluding hydrogens is 155 g/mol. The molecule has 2 N–H and O–H groups in total. The molecule has 4 atom stereocenters. The lowest BCUT2D eigenvalue weighted by Crippen LogP contribution is -2.29. The number of halogens is 1. The lowest BCUT2D eigenvalue weighted by molar-refractivity contribution is 0.0733. The summed E-state index contributed by atoms with van der Waals surface area (Å²) in [6.45, 7) is 1.57. The minimum atomic E-state index is -1.18. The lowest BCUT2D eigenvalue weighted by atomic mass is 10.1. The van der Waals surface area contributed by atoms with Crippen molar-refractivity contribution in [2.45, 2.75) is 29.7 Å².